The first kappa shape index (κ1) is 20.9. The first-order valence-electron chi connectivity index (χ1n) is 11.5. The number of hydrogen-bond donors (Lipinski definition) is 0. The van der Waals surface area contributed by atoms with Gasteiger partial charge < -0.3 is 0 Å². The molecule has 6 rings (SSSR count). The summed E-state index contributed by atoms with van der Waals surface area (Å²) < 4.78 is 3.37. The monoisotopic (exact) mass is 459 g/mol. The lowest BCUT2D eigenvalue weighted by Gasteiger charge is -2.02. The number of H-pyrrole nitrogens is 1. The number of hydrogen-bond acceptors (Lipinski definition) is 4. The van der Waals surface area contributed by atoms with Gasteiger partial charge in [-0.3, -0.25) is 0 Å². The summed E-state index contributed by atoms with van der Waals surface area (Å²) in [5, 5.41) is 5.20. The molecular weight excluding hydrogens is 436 g/mol. The highest BCUT2D eigenvalue weighted by Crippen LogP contribution is 2.23. The fraction of sp³-hybridized carbons (Fsp3) is 0.107. The van der Waals surface area contributed by atoms with Crippen molar-refractivity contribution >= 4 is 39.4 Å². The second-order valence-electron chi connectivity index (χ2n) is 8.59. The van der Waals surface area contributed by atoms with Gasteiger partial charge in [0.2, 0.25) is 5.65 Å². The molecule has 0 aliphatic rings. The summed E-state index contributed by atoms with van der Waals surface area (Å²) in [6.07, 6.45) is 4.24. The first-order chi connectivity index (χ1) is 17.2. The molecule has 170 valence electrons. The Morgan fingerprint density at radius 1 is 0.943 bits per heavy atom. The van der Waals surface area contributed by atoms with Crippen LogP contribution in [-0.2, 0) is 13.0 Å². The number of nitrogens with one attached hydrogen (secondary N) is 1. The molecule has 0 aliphatic carbocycles. The molecule has 0 saturated heterocycles. The molecule has 0 aliphatic heterocycles. The zero-order valence-corrected chi connectivity index (χ0v) is 19.2. The Labute approximate surface area is 201 Å². The minimum atomic E-state index is -0.117. The SMILES string of the molecule is Cc1cccc(C=Nn2c3nc4ccccc4nc3c3c(=O)n(CCc4ccccc4)c[nH+]c32)c1. The van der Waals surface area contributed by atoms with Crippen LogP contribution >= 0.6 is 0 Å². The maximum atomic E-state index is 13.6. The molecule has 3 aromatic heterocycles. The van der Waals surface area contributed by atoms with Gasteiger partial charge in [-0.15, -0.1) is 9.78 Å². The Morgan fingerprint density at radius 3 is 2.51 bits per heavy atom. The molecule has 0 fully saturated rings. The predicted molar refractivity (Wildman–Crippen MR) is 138 cm³/mol. The fourth-order valence-electron chi connectivity index (χ4n) is 4.35. The summed E-state index contributed by atoms with van der Waals surface area (Å²) in [5.74, 6) is 0. The Morgan fingerprint density at radius 2 is 1.71 bits per heavy atom. The highest BCUT2D eigenvalue weighted by atomic mass is 16.1. The Balaban J connectivity index is 1.54. The topological polar surface area (TPSA) is 79.2 Å². The van der Waals surface area contributed by atoms with Crippen LogP contribution in [0.15, 0.2) is 95.1 Å². The van der Waals surface area contributed by atoms with Crippen molar-refractivity contribution in [1.82, 2.24) is 19.2 Å². The number of aromatic amines is 1. The molecule has 0 bridgehead atoms. The summed E-state index contributed by atoms with van der Waals surface area (Å²) in [7, 11) is 0. The molecule has 0 amide bonds. The summed E-state index contributed by atoms with van der Waals surface area (Å²) in [4.78, 5) is 26.6. The quantitative estimate of drug-likeness (QED) is 0.363. The summed E-state index contributed by atoms with van der Waals surface area (Å²) in [6, 6.07) is 25.9. The van der Waals surface area contributed by atoms with Gasteiger partial charge >= 0.3 is 5.56 Å². The van der Waals surface area contributed by atoms with E-state index in [2.05, 4.69) is 23.2 Å². The van der Waals surface area contributed by atoms with E-state index in [4.69, 9.17) is 15.1 Å². The number of aryl methyl sites for hydroxylation is 3. The predicted octanol–water partition coefficient (Wildman–Crippen LogP) is 4.15. The molecule has 1 N–H and O–H groups in total. The molecule has 0 unspecified atom stereocenters. The van der Waals surface area contributed by atoms with Gasteiger partial charge in [-0.1, -0.05) is 72.3 Å². The third kappa shape index (κ3) is 3.87. The van der Waals surface area contributed by atoms with Crippen LogP contribution in [0.1, 0.15) is 16.7 Å². The van der Waals surface area contributed by atoms with Crippen LogP contribution in [0.5, 0.6) is 0 Å². The Hall–Kier alpha value is -4.65. The molecule has 7 nitrogen and oxygen atoms in total. The lowest BCUT2D eigenvalue weighted by Crippen LogP contribution is -2.27. The van der Waals surface area contributed by atoms with Crippen LogP contribution in [0.25, 0.3) is 33.2 Å². The van der Waals surface area contributed by atoms with Gasteiger partial charge in [0.25, 0.3) is 5.65 Å². The molecule has 6 aromatic rings. The van der Waals surface area contributed by atoms with E-state index in [1.54, 1.807) is 21.8 Å². The Kier molecular flexibility index (Phi) is 5.15. The molecule has 7 heteroatoms. The van der Waals surface area contributed by atoms with E-state index >= 15 is 0 Å². The standard InChI is InChI=1S/C28H22N6O/c1-19-8-7-11-21(16-19)17-30-34-26-24(25-27(34)32-23-13-6-5-12-22(23)31-25)28(35)33(18-29-26)15-14-20-9-3-2-4-10-20/h2-13,16-18H,14-15H2,1H3/p+1. The lowest BCUT2D eigenvalue weighted by molar-refractivity contribution is -0.357. The molecule has 3 heterocycles. The van der Waals surface area contributed by atoms with Crippen molar-refractivity contribution in [1.29, 1.82) is 0 Å². The summed E-state index contributed by atoms with van der Waals surface area (Å²) in [5.41, 5.74) is 6.30. The molecular formula is C28H23N6O+. The van der Waals surface area contributed by atoms with E-state index in [0.29, 0.717) is 28.7 Å². The summed E-state index contributed by atoms with van der Waals surface area (Å²) in [6.45, 7) is 2.59. The molecule has 0 radical (unpaired) electrons. The second-order valence-corrected chi connectivity index (χ2v) is 8.59. The highest BCUT2D eigenvalue weighted by Gasteiger charge is 2.24. The Bertz CT molecular complexity index is 1780. The van der Waals surface area contributed by atoms with Crippen molar-refractivity contribution in [2.24, 2.45) is 5.10 Å². The van der Waals surface area contributed by atoms with Gasteiger partial charge in [0.05, 0.1) is 23.8 Å². The minimum Gasteiger partial charge on any atom is -0.250 e. The number of nitrogens with zero attached hydrogens (tertiary/aromatic N) is 5. The number of fused-ring (bicyclic) bond motifs is 4. The number of rotatable bonds is 5. The van der Waals surface area contributed by atoms with E-state index in [0.717, 1.165) is 28.6 Å². The van der Waals surface area contributed by atoms with Gasteiger partial charge in [0.15, 0.2) is 11.7 Å². The van der Waals surface area contributed by atoms with Crippen molar-refractivity contribution in [3.8, 4) is 0 Å². The van der Waals surface area contributed by atoms with Crippen LogP contribution in [-0.4, -0.2) is 25.4 Å². The van der Waals surface area contributed by atoms with Crippen LogP contribution in [0, 0.1) is 6.92 Å². The minimum absolute atomic E-state index is 0.117. The van der Waals surface area contributed by atoms with E-state index in [1.807, 2.05) is 67.6 Å². The van der Waals surface area contributed by atoms with Crippen LogP contribution in [0.4, 0.5) is 0 Å². The van der Waals surface area contributed by atoms with E-state index in [9.17, 15) is 4.79 Å². The van der Waals surface area contributed by atoms with Crippen molar-refractivity contribution in [2.75, 3.05) is 0 Å². The van der Waals surface area contributed by atoms with E-state index < -0.39 is 0 Å². The van der Waals surface area contributed by atoms with Gasteiger partial charge in [0, 0.05) is 6.42 Å². The van der Waals surface area contributed by atoms with Gasteiger partial charge in [0.1, 0.15) is 5.52 Å². The van der Waals surface area contributed by atoms with Crippen molar-refractivity contribution in [2.45, 2.75) is 19.9 Å². The maximum absolute atomic E-state index is 13.6. The third-order valence-electron chi connectivity index (χ3n) is 6.12. The van der Waals surface area contributed by atoms with Crippen molar-refractivity contribution < 1.29 is 4.98 Å². The molecule has 3 aromatic carbocycles. The fourth-order valence-corrected chi connectivity index (χ4v) is 4.35. The average Bonchev–Trinajstić information content (AvgIpc) is 3.19. The van der Waals surface area contributed by atoms with Crippen LogP contribution in [0.3, 0.4) is 0 Å². The number of aromatic nitrogens is 5. The third-order valence-corrected chi connectivity index (χ3v) is 6.12. The highest BCUT2D eigenvalue weighted by molar-refractivity contribution is 6.03. The zero-order chi connectivity index (χ0) is 23.8. The zero-order valence-electron chi connectivity index (χ0n) is 19.2. The van der Waals surface area contributed by atoms with Gasteiger partial charge in [-0.25, -0.2) is 24.3 Å². The normalized spacial score (nSPS) is 11.8. The number of para-hydroxylation sites is 2. The van der Waals surface area contributed by atoms with Crippen LogP contribution < -0.4 is 10.5 Å². The van der Waals surface area contributed by atoms with Crippen molar-refractivity contribution in [3.05, 3.63) is 112 Å². The van der Waals surface area contributed by atoms with Gasteiger partial charge in [-0.05, 0) is 30.2 Å². The molecule has 0 atom stereocenters. The largest absolute Gasteiger partial charge is 0.322 e. The van der Waals surface area contributed by atoms with Gasteiger partial charge in [-0.2, -0.15) is 0 Å². The summed E-state index contributed by atoms with van der Waals surface area (Å²) >= 11 is 0. The molecule has 35 heavy (non-hydrogen) atoms. The van der Waals surface area contributed by atoms with E-state index in [-0.39, 0.29) is 5.56 Å². The smallest absolute Gasteiger partial charge is 0.250 e. The first-order valence-corrected chi connectivity index (χ1v) is 11.5. The van der Waals surface area contributed by atoms with E-state index in [1.165, 1.54) is 5.56 Å². The maximum Gasteiger partial charge on any atom is 0.322 e. The molecule has 0 saturated carbocycles. The second kappa shape index (κ2) is 8.61. The van der Waals surface area contributed by atoms with Crippen LogP contribution in [0.2, 0.25) is 0 Å². The van der Waals surface area contributed by atoms with Crippen molar-refractivity contribution in [3.63, 3.8) is 0 Å². The molecule has 0 spiro atoms. The number of benzene rings is 3. The average molecular weight is 460 g/mol. The lowest BCUT2D eigenvalue weighted by atomic mass is 10.1.